The van der Waals surface area contributed by atoms with Crippen LogP contribution in [0.5, 0.6) is 0 Å². The highest BCUT2D eigenvalue weighted by molar-refractivity contribution is 5.84. The van der Waals surface area contributed by atoms with E-state index in [9.17, 15) is 9.59 Å². The molecule has 0 bridgehead atoms. The van der Waals surface area contributed by atoms with Gasteiger partial charge in [-0.25, -0.2) is 15.1 Å². The number of nitrogens with zero attached hydrogens (tertiary/aromatic N) is 4. The Bertz CT molecular complexity index is 1610. The van der Waals surface area contributed by atoms with Gasteiger partial charge in [-0.2, -0.15) is 5.10 Å². The first-order valence-electron chi connectivity index (χ1n) is 11.7. The summed E-state index contributed by atoms with van der Waals surface area (Å²) in [6, 6.07) is 25.4. The summed E-state index contributed by atoms with van der Waals surface area (Å²) in [6.07, 6.45) is 1.99. The molecule has 2 aromatic heterocycles. The summed E-state index contributed by atoms with van der Waals surface area (Å²) < 4.78 is 3.37. The van der Waals surface area contributed by atoms with Gasteiger partial charge in [-0.15, -0.1) is 0 Å². The van der Waals surface area contributed by atoms with Crippen molar-refractivity contribution in [2.75, 3.05) is 0 Å². The van der Waals surface area contributed by atoms with E-state index in [1.165, 1.54) is 10.9 Å². The van der Waals surface area contributed by atoms with Gasteiger partial charge in [-0.05, 0) is 43.7 Å². The molecular weight excluding hydrogens is 452 g/mol. The number of aromatic amines is 1. The Morgan fingerprint density at radius 2 is 1.72 bits per heavy atom. The SMILES string of the molecule is Cc1ccc(-n2[nH]c(C)c(C=NNC(=O)Cn3c(Cc4ccccc4)nc4ccccc43)c2=O)cc1. The summed E-state index contributed by atoms with van der Waals surface area (Å²) >= 11 is 0. The first-order chi connectivity index (χ1) is 17.5. The molecule has 0 aliphatic heterocycles. The van der Waals surface area contributed by atoms with Gasteiger partial charge in [-0.3, -0.25) is 14.7 Å². The van der Waals surface area contributed by atoms with Gasteiger partial charge in [0, 0.05) is 12.1 Å². The zero-order valence-electron chi connectivity index (χ0n) is 20.1. The van der Waals surface area contributed by atoms with Gasteiger partial charge in [-0.1, -0.05) is 60.2 Å². The van der Waals surface area contributed by atoms with Crippen LogP contribution in [0.1, 0.15) is 28.2 Å². The number of hydrazone groups is 1. The van der Waals surface area contributed by atoms with E-state index in [-0.39, 0.29) is 18.0 Å². The third kappa shape index (κ3) is 4.74. The Morgan fingerprint density at radius 3 is 2.50 bits per heavy atom. The Labute approximate surface area is 207 Å². The van der Waals surface area contributed by atoms with E-state index in [4.69, 9.17) is 4.98 Å². The molecule has 36 heavy (non-hydrogen) atoms. The predicted octanol–water partition coefficient (Wildman–Crippen LogP) is 3.87. The summed E-state index contributed by atoms with van der Waals surface area (Å²) in [5.41, 5.74) is 8.02. The van der Waals surface area contributed by atoms with Crippen molar-refractivity contribution in [3.8, 4) is 5.69 Å². The van der Waals surface area contributed by atoms with Crippen molar-refractivity contribution in [1.82, 2.24) is 24.8 Å². The molecule has 0 saturated carbocycles. The molecule has 180 valence electrons. The van der Waals surface area contributed by atoms with Gasteiger partial charge >= 0.3 is 0 Å². The number of H-pyrrole nitrogens is 1. The van der Waals surface area contributed by atoms with Crippen molar-refractivity contribution in [1.29, 1.82) is 0 Å². The number of nitrogens with one attached hydrogen (secondary N) is 2. The molecule has 0 atom stereocenters. The fourth-order valence-electron chi connectivity index (χ4n) is 4.15. The summed E-state index contributed by atoms with van der Waals surface area (Å²) in [4.78, 5) is 30.4. The number of imidazole rings is 1. The van der Waals surface area contributed by atoms with Gasteiger partial charge < -0.3 is 4.57 Å². The second-order valence-electron chi connectivity index (χ2n) is 8.69. The maximum absolute atomic E-state index is 12.9. The number of carbonyl (C=O) groups is 1. The summed E-state index contributed by atoms with van der Waals surface area (Å²) in [7, 11) is 0. The maximum atomic E-state index is 12.9. The molecule has 5 rings (SSSR count). The van der Waals surface area contributed by atoms with E-state index >= 15 is 0 Å². The number of carbonyl (C=O) groups excluding carboxylic acids is 1. The van der Waals surface area contributed by atoms with Crippen molar-refractivity contribution in [3.05, 3.63) is 117 Å². The highest BCUT2D eigenvalue weighted by Crippen LogP contribution is 2.18. The van der Waals surface area contributed by atoms with Gasteiger partial charge in [0.15, 0.2) is 0 Å². The molecule has 1 amide bonds. The Kier molecular flexibility index (Phi) is 6.32. The standard InChI is InChI=1S/C28H26N6O2/c1-19-12-14-22(15-13-19)34-28(36)23(20(2)32-34)17-29-31-27(35)18-33-25-11-7-6-10-24(25)30-26(33)16-21-8-4-3-5-9-21/h3-15,17,32H,16,18H2,1-2H3,(H,31,35). The maximum Gasteiger partial charge on any atom is 0.280 e. The monoisotopic (exact) mass is 478 g/mol. The lowest BCUT2D eigenvalue weighted by Gasteiger charge is -2.08. The minimum atomic E-state index is -0.309. The van der Waals surface area contributed by atoms with E-state index in [0.717, 1.165) is 33.7 Å². The Hall–Kier alpha value is -4.72. The molecule has 0 saturated heterocycles. The molecule has 0 aliphatic rings. The second kappa shape index (κ2) is 9.87. The number of rotatable bonds is 7. The summed E-state index contributed by atoms with van der Waals surface area (Å²) in [5, 5.41) is 7.13. The topological polar surface area (TPSA) is 97.1 Å². The lowest BCUT2D eigenvalue weighted by molar-refractivity contribution is -0.121. The van der Waals surface area contributed by atoms with Crippen LogP contribution < -0.4 is 11.0 Å². The Balaban J connectivity index is 1.34. The number of benzene rings is 3. The number of aryl methyl sites for hydroxylation is 2. The summed E-state index contributed by atoms with van der Waals surface area (Å²) in [6.45, 7) is 3.84. The lowest BCUT2D eigenvalue weighted by Crippen LogP contribution is -2.25. The largest absolute Gasteiger partial charge is 0.318 e. The zero-order chi connectivity index (χ0) is 25.1. The molecule has 2 N–H and O–H groups in total. The lowest BCUT2D eigenvalue weighted by atomic mass is 10.1. The number of hydrogen-bond acceptors (Lipinski definition) is 4. The predicted molar refractivity (Wildman–Crippen MR) is 141 cm³/mol. The number of aromatic nitrogens is 4. The van der Waals surface area contributed by atoms with Crippen molar-refractivity contribution < 1.29 is 4.79 Å². The molecule has 5 aromatic rings. The molecule has 0 spiro atoms. The van der Waals surface area contributed by atoms with Crippen molar-refractivity contribution in [3.63, 3.8) is 0 Å². The molecule has 0 radical (unpaired) electrons. The van der Waals surface area contributed by atoms with Crippen LogP contribution in [0, 0.1) is 13.8 Å². The fraction of sp³-hybridized carbons (Fsp3) is 0.143. The van der Waals surface area contributed by atoms with Crippen LogP contribution in [-0.4, -0.2) is 31.5 Å². The molecule has 3 aromatic carbocycles. The fourth-order valence-corrected chi connectivity index (χ4v) is 4.15. The molecule has 8 nitrogen and oxygen atoms in total. The van der Waals surface area contributed by atoms with Crippen LogP contribution in [0.15, 0.2) is 88.8 Å². The normalized spacial score (nSPS) is 11.4. The smallest absolute Gasteiger partial charge is 0.280 e. The van der Waals surface area contributed by atoms with E-state index in [0.29, 0.717) is 17.7 Å². The highest BCUT2D eigenvalue weighted by Gasteiger charge is 2.14. The van der Waals surface area contributed by atoms with Crippen LogP contribution in [0.2, 0.25) is 0 Å². The molecule has 2 heterocycles. The third-order valence-corrected chi connectivity index (χ3v) is 6.03. The minimum absolute atomic E-state index is 0.0553. The van der Waals surface area contributed by atoms with Crippen LogP contribution in [-0.2, 0) is 17.8 Å². The van der Waals surface area contributed by atoms with Crippen LogP contribution in [0.25, 0.3) is 16.7 Å². The van der Waals surface area contributed by atoms with Gasteiger partial charge in [0.25, 0.3) is 11.5 Å². The highest BCUT2D eigenvalue weighted by atomic mass is 16.2. The molecule has 0 aliphatic carbocycles. The second-order valence-corrected chi connectivity index (χ2v) is 8.69. The average Bonchev–Trinajstić information content (AvgIpc) is 3.36. The molecule has 8 heteroatoms. The number of hydrogen-bond donors (Lipinski definition) is 2. The summed E-state index contributed by atoms with van der Waals surface area (Å²) in [5.74, 6) is 0.486. The number of amides is 1. The minimum Gasteiger partial charge on any atom is -0.318 e. The first kappa shape index (κ1) is 23.0. The number of para-hydroxylation sites is 2. The average molecular weight is 479 g/mol. The van der Waals surface area contributed by atoms with E-state index in [1.807, 2.05) is 90.4 Å². The van der Waals surface area contributed by atoms with Gasteiger partial charge in [0.1, 0.15) is 12.4 Å². The van der Waals surface area contributed by atoms with E-state index in [2.05, 4.69) is 15.6 Å². The zero-order valence-corrected chi connectivity index (χ0v) is 20.1. The van der Waals surface area contributed by atoms with Crippen LogP contribution in [0.3, 0.4) is 0 Å². The Morgan fingerprint density at radius 1 is 1.00 bits per heavy atom. The van der Waals surface area contributed by atoms with Crippen molar-refractivity contribution >= 4 is 23.2 Å². The number of fused-ring (bicyclic) bond motifs is 1. The van der Waals surface area contributed by atoms with E-state index < -0.39 is 0 Å². The van der Waals surface area contributed by atoms with Crippen LogP contribution >= 0.6 is 0 Å². The van der Waals surface area contributed by atoms with Gasteiger partial charge in [0.2, 0.25) is 0 Å². The molecular formula is C28H26N6O2. The van der Waals surface area contributed by atoms with Crippen molar-refractivity contribution in [2.45, 2.75) is 26.8 Å². The first-order valence-corrected chi connectivity index (χ1v) is 11.7. The van der Waals surface area contributed by atoms with Crippen molar-refractivity contribution in [2.24, 2.45) is 5.10 Å². The van der Waals surface area contributed by atoms with Gasteiger partial charge in [0.05, 0.1) is 28.5 Å². The molecule has 0 unspecified atom stereocenters. The van der Waals surface area contributed by atoms with Crippen LogP contribution in [0.4, 0.5) is 0 Å². The third-order valence-electron chi connectivity index (χ3n) is 6.03. The quantitative estimate of drug-likeness (QED) is 0.274. The van der Waals surface area contributed by atoms with E-state index in [1.54, 1.807) is 6.92 Å². The molecule has 0 fully saturated rings.